The average molecular weight is 330 g/mol. The molecule has 1 atom stereocenters. The number of rotatable bonds is 9. The summed E-state index contributed by atoms with van der Waals surface area (Å²) in [6, 6.07) is 4.73. The molecule has 0 bridgehead atoms. The van der Waals surface area contributed by atoms with Crippen LogP contribution in [0.25, 0.3) is 0 Å². The van der Waals surface area contributed by atoms with Crippen LogP contribution in [0.5, 0.6) is 0 Å². The van der Waals surface area contributed by atoms with Crippen LogP contribution in [-0.2, 0) is 9.53 Å². The van der Waals surface area contributed by atoms with Gasteiger partial charge in [0.2, 0.25) is 0 Å². The number of hydrogen-bond acceptors (Lipinski definition) is 3. The molecule has 116 valence electrons. The van der Waals surface area contributed by atoms with Crippen molar-refractivity contribution in [1.29, 1.82) is 0 Å². The van der Waals surface area contributed by atoms with Crippen LogP contribution in [0.2, 0.25) is 10.0 Å². The van der Waals surface area contributed by atoms with Gasteiger partial charge in [0, 0.05) is 15.7 Å². The molecule has 0 aromatic heterocycles. The summed E-state index contributed by atoms with van der Waals surface area (Å²) in [7, 11) is 1.39. The highest BCUT2D eigenvalue weighted by atomic mass is 35.5. The fraction of sp³-hybridized carbons (Fsp3) is 0.438. The van der Waals surface area contributed by atoms with E-state index in [1.807, 2.05) is 6.08 Å². The third-order valence-corrected chi connectivity index (χ3v) is 3.53. The molecule has 0 unspecified atom stereocenters. The van der Waals surface area contributed by atoms with Crippen LogP contribution in [0.4, 0.5) is 5.69 Å². The first kappa shape index (κ1) is 17.9. The van der Waals surface area contributed by atoms with Crippen molar-refractivity contribution in [1.82, 2.24) is 0 Å². The Balaban J connectivity index is 2.60. The number of hydrogen-bond donors (Lipinski definition) is 1. The van der Waals surface area contributed by atoms with Gasteiger partial charge in [-0.15, -0.1) is 6.58 Å². The third-order valence-electron chi connectivity index (χ3n) is 3.09. The predicted molar refractivity (Wildman–Crippen MR) is 89.2 cm³/mol. The summed E-state index contributed by atoms with van der Waals surface area (Å²) in [4.78, 5) is 11.8. The average Bonchev–Trinajstić information content (AvgIpc) is 2.44. The molecule has 5 heteroatoms. The number of carbonyl (C=O) groups excluding carboxylic acids is 1. The quantitative estimate of drug-likeness (QED) is 0.390. The Morgan fingerprint density at radius 3 is 2.52 bits per heavy atom. The van der Waals surface area contributed by atoms with Gasteiger partial charge in [-0.1, -0.05) is 42.1 Å². The van der Waals surface area contributed by atoms with Crippen molar-refractivity contribution in [2.75, 3.05) is 12.4 Å². The summed E-state index contributed by atoms with van der Waals surface area (Å²) in [6.07, 6.45) is 6.69. The summed E-state index contributed by atoms with van der Waals surface area (Å²) in [5.74, 6) is -0.283. The van der Waals surface area contributed by atoms with Gasteiger partial charge in [-0.25, -0.2) is 4.79 Å². The SMILES string of the molecule is C=CCCCCC[C@H](Nc1cc(Cl)cc(Cl)c1)C(=O)OC. The molecule has 1 aromatic rings. The topological polar surface area (TPSA) is 38.3 Å². The molecule has 0 saturated carbocycles. The standard InChI is InChI=1S/C16H21Cl2NO2/c1-3-4-5-6-7-8-15(16(20)21-2)19-14-10-12(17)9-13(18)11-14/h3,9-11,15,19H,1,4-8H2,2H3/t15-/m0/s1. The van der Waals surface area contributed by atoms with Crippen molar-refractivity contribution in [3.8, 4) is 0 Å². The molecule has 0 fully saturated rings. The van der Waals surface area contributed by atoms with Gasteiger partial charge in [0.05, 0.1) is 7.11 Å². The summed E-state index contributed by atoms with van der Waals surface area (Å²) < 4.78 is 4.84. The van der Waals surface area contributed by atoms with E-state index in [-0.39, 0.29) is 5.97 Å². The molecule has 1 rings (SSSR count). The Labute approximate surface area is 136 Å². The van der Waals surface area contributed by atoms with E-state index in [0.717, 1.165) is 25.7 Å². The van der Waals surface area contributed by atoms with Crippen LogP contribution in [-0.4, -0.2) is 19.1 Å². The number of nitrogens with one attached hydrogen (secondary N) is 1. The minimum atomic E-state index is -0.395. The third kappa shape index (κ3) is 6.87. The fourth-order valence-corrected chi connectivity index (χ4v) is 2.57. The highest BCUT2D eigenvalue weighted by Crippen LogP contribution is 2.24. The molecule has 1 N–H and O–H groups in total. The maximum Gasteiger partial charge on any atom is 0.328 e. The second-order valence-electron chi connectivity index (χ2n) is 4.80. The van der Waals surface area contributed by atoms with E-state index >= 15 is 0 Å². The molecular formula is C16H21Cl2NO2. The highest BCUT2D eigenvalue weighted by molar-refractivity contribution is 6.35. The van der Waals surface area contributed by atoms with Crippen molar-refractivity contribution in [3.63, 3.8) is 0 Å². The minimum absolute atomic E-state index is 0.283. The number of allylic oxidation sites excluding steroid dienone is 1. The lowest BCUT2D eigenvalue weighted by Crippen LogP contribution is -2.30. The van der Waals surface area contributed by atoms with Gasteiger partial charge in [0.1, 0.15) is 6.04 Å². The first-order valence-corrected chi connectivity index (χ1v) is 7.73. The van der Waals surface area contributed by atoms with E-state index in [1.165, 1.54) is 7.11 Å². The summed E-state index contributed by atoms with van der Waals surface area (Å²) in [5.41, 5.74) is 0.717. The van der Waals surface area contributed by atoms with E-state index in [9.17, 15) is 4.79 Å². The van der Waals surface area contributed by atoms with Gasteiger partial charge >= 0.3 is 5.97 Å². The zero-order valence-corrected chi connectivity index (χ0v) is 13.7. The highest BCUT2D eigenvalue weighted by Gasteiger charge is 2.18. The van der Waals surface area contributed by atoms with E-state index in [1.54, 1.807) is 18.2 Å². The molecule has 0 heterocycles. The van der Waals surface area contributed by atoms with Gasteiger partial charge in [-0.3, -0.25) is 0 Å². The number of carbonyl (C=O) groups is 1. The predicted octanol–water partition coefficient (Wildman–Crippen LogP) is 5.08. The zero-order chi connectivity index (χ0) is 15.7. The van der Waals surface area contributed by atoms with Gasteiger partial charge in [0.25, 0.3) is 0 Å². The number of methoxy groups -OCH3 is 1. The summed E-state index contributed by atoms with van der Waals surface area (Å²) >= 11 is 11.9. The fourth-order valence-electron chi connectivity index (χ4n) is 2.04. The van der Waals surface area contributed by atoms with Crippen LogP contribution >= 0.6 is 23.2 Å². The number of unbranched alkanes of at least 4 members (excludes halogenated alkanes) is 3. The normalized spacial score (nSPS) is 11.8. The van der Waals surface area contributed by atoms with Crippen molar-refractivity contribution >= 4 is 34.9 Å². The monoisotopic (exact) mass is 329 g/mol. The number of benzene rings is 1. The van der Waals surface area contributed by atoms with Crippen LogP contribution in [0, 0.1) is 0 Å². The number of halogens is 2. The van der Waals surface area contributed by atoms with Crippen molar-refractivity contribution in [3.05, 3.63) is 40.9 Å². The molecule has 0 spiro atoms. The molecule has 0 amide bonds. The van der Waals surface area contributed by atoms with Crippen molar-refractivity contribution < 1.29 is 9.53 Å². The van der Waals surface area contributed by atoms with Gasteiger partial charge < -0.3 is 10.1 Å². The molecule has 3 nitrogen and oxygen atoms in total. The van der Waals surface area contributed by atoms with E-state index in [0.29, 0.717) is 22.2 Å². The van der Waals surface area contributed by atoms with E-state index in [4.69, 9.17) is 27.9 Å². The van der Waals surface area contributed by atoms with Gasteiger partial charge in [-0.2, -0.15) is 0 Å². The molecule has 0 radical (unpaired) electrons. The Morgan fingerprint density at radius 1 is 1.29 bits per heavy atom. The number of ether oxygens (including phenoxy) is 1. The van der Waals surface area contributed by atoms with Crippen LogP contribution in [0.1, 0.15) is 32.1 Å². The lowest BCUT2D eigenvalue weighted by molar-refractivity contribution is -0.141. The molecule has 0 saturated heterocycles. The molecule has 1 aromatic carbocycles. The molecular weight excluding hydrogens is 309 g/mol. The molecule has 21 heavy (non-hydrogen) atoms. The molecule has 0 aliphatic heterocycles. The summed E-state index contributed by atoms with van der Waals surface area (Å²) in [5, 5.41) is 4.19. The Bertz CT molecular complexity index is 457. The Morgan fingerprint density at radius 2 is 1.95 bits per heavy atom. The maximum atomic E-state index is 11.8. The van der Waals surface area contributed by atoms with Crippen LogP contribution < -0.4 is 5.32 Å². The first-order valence-electron chi connectivity index (χ1n) is 6.98. The van der Waals surface area contributed by atoms with E-state index < -0.39 is 6.04 Å². The second kappa shape index (κ2) is 9.69. The minimum Gasteiger partial charge on any atom is -0.467 e. The molecule has 0 aliphatic carbocycles. The smallest absolute Gasteiger partial charge is 0.328 e. The van der Waals surface area contributed by atoms with Gasteiger partial charge in [0.15, 0.2) is 0 Å². The largest absolute Gasteiger partial charge is 0.467 e. The second-order valence-corrected chi connectivity index (χ2v) is 5.68. The van der Waals surface area contributed by atoms with Crippen molar-refractivity contribution in [2.24, 2.45) is 0 Å². The van der Waals surface area contributed by atoms with Crippen LogP contribution in [0.3, 0.4) is 0 Å². The first-order chi connectivity index (χ1) is 10.1. The molecule has 0 aliphatic rings. The number of esters is 1. The zero-order valence-electron chi connectivity index (χ0n) is 12.2. The lowest BCUT2D eigenvalue weighted by Gasteiger charge is -2.18. The Kier molecular flexibility index (Phi) is 8.24. The lowest BCUT2D eigenvalue weighted by atomic mass is 10.1. The van der Waals surface area contributed by atoms with Crippen molar-refractivity contribution in [2.45, 2.75) is 38.1 Å². The van der Waals surface area contributed by atoms with Crippen LogP contribution in [0.15, 0.2) is 30.9 Å². The maximum absolute atomic E-state index is 11.8. The summed E-state index contributed by atoms with van der Waals surface area (Å²) in [6.45, 7) is 3.70. The van der Waals surface area contributed by atoms with Gasteiger partial charge in [-0.05, 0) is 37.5 Å². The van der Waals surface area contributed by atoms with E-state index in [2.05, 4.69) is 11.9 Å². The Hall–Kier alpha value is -1.19. The number of anilines is 1.